The highest BCUT2D eigenvalue weighted by molar-refractivity contribution is 7.99. The molecule has 1 saturated heterocycles. The fourth-order valence-corrected chi connectivity index (χ4v) is 5.39. The predicted octanol–water partition coefficient (Wildman–Crippen LogP) is 5.27. The number of benzene rings is 1. The van der Waals surface area contributed by atoms with Crippen molar-refractivity contribution in [2.45, 2.75) is 31.1 Å². The zero-order valence-electron chi connectivity index (χ0n) is 13.4. The van der Waals surface area contributed by atoms with Crippen LogP contribution in [0.5, 0.6) is 0 Å². The van der Waals surface area contributed by atoms with Crippen molar-refractivity contribution in [2.24, 2.45) is 0 Å². The molecule has 128 valence electrons. The lowest BCUT2D eigenvalue weighted by Crippen LogP contribution is -2.32. The van der Waals surface area contributed by atoms with Gasteiger partial charge < -0.3 is 4.90 Å². The van der Waals surface area contributed by atoms with Crippen LogP contribution < -0.4 is 4.90 Å². The Bertz CT molecular complexity index is 693. The lowest BCUT2D eigenvalue weighted by molar-refractivity contribution is 0.00776. The van der Waals surface area contributed by atoms with Crippen molar-refractivity contribution in [1.29, 1.82) is 0 Å². The second-order valence-corrected chi connectivity index (χ2v) is 8.79. The Kier molecular flexibility index (Phi) is 4.52. The number of nitrogens with zero attached hydrogens (tertiary/aromatic N) is 2. The highest BCUT2D eigenvalue weighted by Crippen LogP contribution is 2.46. The Labute approximate surface area is 149 Å². The van der Waals surface area contributed by atoms with Crippen LogP contribution in [0.2, 0.25) is 0 Å². The molecule has 2 aromatic rings. The van der Waals surface area contributed by atoms with Crippen LogP contribution in [0.25, 0.3) is 10.4 Å². The van der Waals surface area contributed by atoms with Crippen molar-refractivity contribution < 1.29 is 8.78 Å². The van der Waals surface area contributed by atoms with E-state index in [1.54, 1.807) is 11.3 Å². The van der Waals surface area contributed by atoms with Gasteiger partial charge in [-0.25, -0.2) is 13.8 Å². The van der Waals surface area contributed by atoms with E-state index in [9.17, 15) is 8.78 Å². The number of halogens is 2. The summed E-state index contributed by atoms with van der Waals surface area (Å²) in [5.41, 5.74) is 2.39. The molecule has 1 unspecified atom stereocenters. The first kappa shape index (κ1) is 16.3. The summed E-state index contributed by atoms with van der Waals surface area (Å²) in [7, 11) is 0. The monoisotopic (exact) mass is 366 g/mol. The molecule has 2 aliphatic rings. The Morgan fingerprint density at radius 2 is 1.88 bits per heavy atom. The highest BCUT2D eigenvalue weighted by atomic mass is 32.2. The minimum Gasteiger partial charge on any atom is -0.370 e. The Hall–Kier alpha value is -1.14. The van der Waals surface area contributed by atoms with Gasteiger partial charge in [-0.05, 0) is 24.1 Å². The maximum Gasteiger partial charge on any atom is 0.248 e. The molecular weight excluding hydrogens is 346 g/mol. The van der Waals surface area contributed by atoms with Gasteiger partial charge in [0.25, 0.3) is 0 Å². The maximum absolute atomic E-state index is 13.4. The molecular formula is C18H20F2N2S2. The van der Waals surface area contributed by atoms with Gasteiger partial charge in [-0.1, -0.05) is 12.1 Å². The minimum atomic E-state index is -2.51. The number of anilines is 1. The van der Waals surface area contributed by atoms with Gasteiger partial charge in [-0.15, -0.1) is 11.3 Å². The SMILES string of the molecule is FC1(F)CCC(c2ncc(-c3ccc(N4CCSCC4)cc3)s2)C1. The van der Waals surface area contributed by atoms with Crippen molar-refractivity contribution in [3.8, 4) is 10.4 Å². The second kappa shape index (κ2) is 6.64. The molecule has 0 spiro atoms. The lowest BCUT2D eigenvalue weighted by atomic mass is 10.1. The van der Waals surface area contributed by atoms with Gasteiger partial charge in [0.2, 0.25) is 5.92 Å². The summed E-state index contributed by atoms with van der Waals surface area (Å²) in [6, 6.07) is 8.57. The number of thiazole rings is 1. The molecule has 0 bridgehead atoms. The van der Waals surface area contributed by atoms with Gasteiger partial charge >= 0.3 is 0 Å². The first-order valence-corrected chi connectivity index (χ1v) is 10.3. The molecule has 1 aliphatic carbocycles. The summed E-state index contributed by atoms with van der Waals surface area (Å²) in [5, 5.41) is 0.860. The number of thioether (sulfide) groups is 1. The first-order valence-electron chi connectivity index (χ1n) is 8.37. The van der Waals surface area contributed by atoms with E-state index in [1.165, 1.54) is 17.2 Å². The summed E-state index contributed by atoms with van der Waals surface area (Å²) >= 11 is 3.57. The quantitative estimate of drug-likeness (QED) is 0.736. The minimum absolute atomic E-state index is 0.00457. The number of alkyl halides is 2. The van der Waals surface area contributed by atoms with Gasteiger partial charge in [0.15, 0.2) is 0 Å². The van der Waals surface area contributed by atoms with Crippen molar-refractivity contribution >= 4 is 28.8 Å². The average Bonchev–Trinajstić information content (AvgIpc) is 3.22. The van der Waals surface area contributed by atoms with E-state index in [0.29, 0.717) is 6.42 Å². The van der Waals surface area contributed by atoms with Crippen molar-refractivity contribution in [1.82, 2.24) is 4.98 Å². The molecule has 0 amide bonds. The van der Waals surface area contributed by atoms with E-state index >= 15 is 0 Å². The first-order chi connectivity index (χ1) is 11.6. The molecule has 0 N–H and O–H groups in total. The standard InChI is InChI=1S/C18H20F2N2S2/c19-18(20)6-5-14(11-18)17-21-12-16(24-17)13-1-3-15(4-2-13)22-7-9-23-10-8-22/h1-4,12,14H,5-11H2. The molecule has 6 heteroatoms. The van der Waals surface area contributed by atoms with Gasteiger partial charge in [0, 0.05) is 55.2 Å². The molecule has 1 saturated carbocycles. The van der Waals surface area contributed by atoms with Crippen LogP contribution >= 0.6 is 23.1 Å². The molecule has 2 fully saturated rings. The lowest BCUT2D eigenvalue weighted by Gasteiger charge is -2.28. The number of hydrogen-bond acceptors (Lipinski definition) is 4. The van der Waals surface area contributed by atoms with Crippen LogP contribution in [0.4, 0.5) is 14.5 Å². The van der Waals surface area contributed by atoms with Crippen molar-refractivity contribution in [3.05, 3.63) is 35.5 Å². The third kappa shape index (κ3) is 3.45. The molecule has 4 rings (SSSR count). The number of rotatable bonds is 3. The number of aromatic nitrogens is 1. The van der Waals surface area contributed by atoms with Crippen LogP contribution in [0.1, 0.15) is 30.2 Å². The van der Waals surface area contributed by atoms with E-state index < -0.39 is 5.92 Å². The molecule has 24 heavy (non-hydrogen) atoms. The Balaban J connectivity index is 1.48. The molecule has 0 radical (unpaired) electrons. The fourth-order valence-electron chi connectivity index (χ4n) is 3.43. The van der Waals surface area contributed by atoms with Gasteiger partial charge in [0.05, 0.1) is 9.88 Å². The van der Waals surface area contributed by atoms with Crippen LogP contribution in [-0.2, 0) is 0 Å². The van der Waals surface area contributed by atoms with Crippen LogP contribution in [0.3, 0.4) is 0 Å². The van der Waals surface area contributed by atoms with Crippen LogP contribution in [-0.4, -0.2) is 35.5 Å². The van der Waals surface area contributed by atoms with E-state index in [0.717, 1.165) is 28.5 Å². The summed E-state index contributed by atoms with van der Waals surface area (Å²) in [6.07, 6.45) is 2.33. The molecule has 1 aliphatic heterocycles. The fraction of sp³-hybridized carbons (Fsp3) is 0.500. The highest BCUT2D eigenvalue weighted by Gasteiger charge is 2.41. The molecule has 2 nitrogen and oxygen atoms in total. The zero-order valence-corrected chi connectivity index (χ0v) is 15.0. The third-order valence-corrected chi connectivity index (χ3v) is 6.96. The summed E-state index contributed by atoms with van der Waals surface area (Å²) in [5.74, 6) is -0.216. The van der Waals surface area contributed by atoms with E-state index in [1.807, 2.05) is 18.0 Å². The van der Waals surface area contributed by atoms with E-state index in [4.69, 9.17) is 0 Å². The summed E-state index contributed by atoms with van der Waals surface area (Å²) in [4.78, 5) is 7.91. The van der Waals surface area contributed by atoms with Crippen molar-refractivity contribution in [3.63, 3.8) is 0 Å². The average molecular weight is 367 g/mol. The molecule has 2 heterocycles. The van der Waals surface area contributed by atoms with Crippen LogP contribution in [0.15, 0.2) is 30.5 Å². The second-order valence-electron chi connectivity index (χ2n) is 6.50. The largest absolute Gasteiger partial charge is 0.370 e. The normalized spacial score (nSPS) is 23.6. The van der Waals surface area contributed by atoms with Crippen LogP contribution in [0, 0.1) is 0 Å². The Morgan fingerprint density at radius 1 is 1.12 bits per heavy atom. The van der Waals surface area contributed by atoms with Gasteiger partial charge in [-0.3, -0.25) is 0 Å². The zero-order chi connectivity index (χ0) is 16.6. The van der Waals surface area contributed by atoms with Crippen molar-refractivity contribution in [2.75, 3.05) is 29.5 Å². The molecule has 1 aromatic heterocycles. The Morgan fingerprint density at radius 3 is 2.54 bits per heavy atom. The number of hydrogen-bond donors (Lipinski definition) is 0. The predicted molar refractivity (Wildman–Crippen MR) is 98.6 cm³/mol. The maximum atomic E-state index is 13.4. The topological polar surface area (TPSA) is 16.1 Å². The van der Waals surface area contributed by atoms with E-state index in [-0.39, 0.29) is 18.8 Å². The third-order valence-electron chi connectivity index (χ3n) is 4.80. The molecule has 1 atom stereocenters. The smallest absolute Gasteiger partial charge is 0.248 e. The summed E-state index contributed by atoms with van der Waals surface area (Å²) in [6.45, 7) is 2.20. The van der Waals surface area contributed by atoms with Gasteiger partial charge in [0.1, 0.15) is 0 Å². The van der Waals surface area contributed by atoms with Gasteiger partial charge in [-0.2, -0.15) is 11.8 Å². The van der Waals surface area contributed by atoms with E-state index in [2.05, 4.69) is 34.1 Å². The summed E-state index contributed by atoms with van der Waals surface area (Å²) < 4.78 is 26.8. The molecule has 1 aromatic carbocycles.